The van der Waals surface area contributed by atoms with E-state index in [4.69, 9.17) is 0 Å². The van der Waals surface area contributed by atoms with Gasteiger partial charge in [0.1, 0.15) is 0 Å². The maximum Gasteiger partial charge on any atom is 0.254 e. The van der Waals surface area contributed by atoms with Gasteiger partial charge >= 0.3 is 0 Å². The maximum atomic E-state index is 13.1. The van der Waals surface area contributed by atoms with Gasteiger partial charge in [0.15, 0.2) is 0 Å². The summed E-state index contributed by atoms with van der Waals surface area (Å²) in [5.41, 5.74) is 4.34. The monoisotopic (exact) mass is 395 g/mol. The highest BCUT2D eigenvalue weighted by atomic mass is 16.2. The van der Waals surface area contributed by atoms with E-state index in [2.05, 4.69) is 70.5 Å². The zero-order valence-electron chi connectivity index (χ0n) is 16.9. The van der Waals surface area contributed by atoms with Gasteiger partial charge in [0.05, 0.1) is 6.04 Å². The van der Waals surface area contributed by atoms with Crippen LogP contribution in [0.2, 0.25) is 0 Å². The fraction of sp³-hybridized carbons (Fsp3) is 0.192. The van der Waals surface area contributed by atoms with Gasteiger partial charge in [-0.1, -0.05) is 66.7 Å². The van der Waals surface area contributed by atoms with E-state index < -0.39 is 0 Å². The average Bonchev–Trinajstić information content (AvgIpc) is 3.29. The predicted molar refractivity (Wildman–Crippen MR) is 121 cm³/mol. The Morgan fingerprint density at radius 3 is 2.03 bits per heavy atom. The quantitative estimate of drug-likeness (QED) is 0.543. The van der Waals surface area contributed by atoms with Gasteiger partial charge in [0.25, 0.3) is 5.91 Å². The van der Waals surface area contributed by atoms with Crippen LogP contribution in [0.3, 0.4) is 0 Å². The second-order valence-electron chi connectivity index (χ2n) is 7.83. The average molecular weight is 396 g/mol. The summed E-state index contributed by atoms with van der Waals surface area (Å²) >= 11 is 0. The molecule has 0 spiro atoms. The van der Waals surface area contributed by atoms with Crippen molar-refractivity contribution in [2.24, 2.45) is 0 Å². The number of nitrogens with zero attached hydrogens (tertiary/aromatic N) is 2. The summed E-state index contributed by atoms with van der Waals surface area (Å²) in [4.78, 5) is 20.7. The Morgan fingerprint density at radius 2 is 1.40 bits per heavy atom. The predicted octanol–water partition coefficient (Wildman–Crippen LogP) is 4.72. The van der Waals surface area contributed by atoms with Crippen LogP contribution in [0.15, 0.2) is 91.1 Å². The molecular formula is C26H25N3O. The molecule has 0 unspecified atom stereocenters. The molecule has 1 aromatic heterocycles. The van der Waals surface area contributed by atoms with E-state index in [1.165, 1.54) is 11.1 Å². The van der Waals surface area contributed by atoms with E-state index in [0.29, 0.717) is 0 Å². The van der Waals surface area contributed by atoms with E-state index >= 15 is 0 Å². The molecule has 4 heteroatoms. The Morgan fingerprint density at radius 1 is 0.767 bits per heavy atom. The fourth-order valence-corrected chi connectivity index (χ4v) is 4.43. The number of amides is 1. The Hall–Kier alpha value is -3.37. The minimum absolute atomic E-state index is 0.113. The first-order valence-corrected chi connectivity index (χ1v) is 10.5. The summed E-state index contributed by atoms with van der Waals surface area (Å²) in [6.45, 7) is 3.17. The molecule has 1 fully saturated rings. The lowest BCUT2D eigenvalue weighted by molar-refractivity contribution is 0.0597. The molecule has 1 amide bonds. The lowest BCUT2D eigenvalue weighted by Crippen LogP contribution is -2.49. The first-order valence-electron chi connectivity index (χ1n) is 10.5. The number of piperazine rings is 1. The van der Waals surface area contributed by atoms with E-state index in [9.17, 15) is 4.79 Å². The Balaban J connectivity index is 1.34. The second-order valence-corrected chi connectivity index (χ2v) is 7.83. The Kier molecular flexibility index (Phi) is 5.08. The van der Waals surface area contributed by atoms with Crippen molar-refractivity contribution in [3.63, 3.8) is 0 Å². The van der Waals surface area contributed by atoms with Crippen LogP contribution >= 0.6 is 0 Å². The van der Waals surface area contributed by atoms with Gasteiger partial charge in [-0.15, -0.1) is 0 Å². The second kappa shape index (κ2) is 8.17. The molecule has 0 radical (unpaired) electrons. The zero-order chi connectivity index (χ0) is 20.3. The van der Waals surface area contributed by atoms with Gasteiger partial charge in [-0.3, -0.25) is 9.69 Å². The van der Waals surface area contributed by atoms with Gasteiger partial charge < -0.3 is 9.88 Å². The standard InChI is InChI=1S/C26H25N3O/c30-26(23-12-11-20-13-14-27-24(20)19-23)29-17-15-28(16-18-29)25(21-7-3-1-4-8-21)22-9-5-2-6-10-22/h1-14,19,25,27H,15-18H2. The largest absolute Gasteiger partial charge is 0.361 e. The van der Waals surface area contributed by atoms with Gasteiger partial charge in [0.2, 0.25) is 0 Å². The van der Waals surface area contributed by atoms with Crippen LogP contribution in [0.1, 0.15) is 27.5 Å². The lowest BCUT2D eigenvalue weighted by atomic mass is 9.96. The number of rotatable bonds is 4. The van der Waals surface area contributed by atoms with Crippen LogP contribution in [0.4, 0.5) is 0 Å². The summed E-state index contributed by atoms with van der Waals surface area (Å²) in [6, 6.07) is 29.4. The van der Waals surface area contributed by atoms with Crippen LogP contribution in [0.25, 0.3) is 10.9 Å². The highest BCUT2D eigenvalue weighted by Gasteiger charge is 2.28. The summed E-state index contributed by atoms with van der Waals surface area (Å²) in [7, 11) is 0. The smallest absolute Gasteiger partial charge is 0.254 e. The Bertz CT molecular complexity index is 1090. The molecule has 1 aliphatic heterocycles. The van der Waals surface area contributed by atoms with Crippen molar-refractivity contribution in [1.29, 1.82) is 0 Å². The van der Waals surface area contributed by atoms with Crippen molar-refractivity contribution in [3.05, 3.63) is 108 Å². The molecule has 0 atom stereocenters. The van der Waals surface area contributed by atoms with E-state index in [1.54, 1.807) is 0 Å². The van der Waals surface area contributed by atoms with Crippen LogP contribution in [0.5, 0.6) is 0 Å². The molecular weight excluding hydrogens is 370 g/mol. The third-order valence-corrected chi connectivity index (χ3v) is 6.00. The van der Waals surface area contributed by atoms with Crippen LogP contribution in [-0.4, -0.2) is 46.9 Å². The number of aromatic nitrogens is 1. The van der Waals surface area contributed by atoms with Gasteiger partial charge in [-0.25, -0.2) is 0 Å². The Labute approximate surface area is 176 Å². The number of aromatic amines is 1. The first kappa shape index (κ1) is 18.6. The van der Waals surface area contributed by atoms with E-state index in [-0.39, 0.29) is 11.9 Å². The fourth-order valence-electron chi connectivity index (χ4n) is 4.43. The molecule has 0 bridgehead atoms. The number of hydrogen-bond acceptors (Lipinski definition) is 2. The summed E-state index contributed by atoms with van der Waals surface area (Å²) in [5.74, 6) is 0.113. The zero-order valence-corrected chi connectivity index (χ0v) is 16.9. The maximum absolute atomic E-state index is 13.1. The first-order chi connectivity index (χ1) is 14.8. The van der Waals surface area contributed by atoms with Crippen molar-refractivity contribution in [3.8, 4) is 0 Å². The molecule has 5 rings (SSSR count). The van der Waals surface area contributed by atoms with E-state index in [1.807, 2.05) is 35.4 Å². The highest BCUT2D eigenvalue weighted by Crippen LogP contribution is 2.29. The SMILES string of the molecule is O=C(c1ccc2cc[nH]c2c1)N1CCN(C(c2ccccc2)c2ccccc2)CC1. The molecule has 4 nitrogen and oxygen atoms in total. The number of H-pyrrole nitrogens is 1. The summed E-state index contributed by atoms with van der Waals surface area (Å²) < 4.78 is 0. The molecule has 1 saturated heterocycles. The number of carbonyl (C=O) groups is 1. The molecule has 4 aromatic rings. The molecule has 1 aliphatic rings. The number of carbonyl (C=O) groups excluding carboxylic acids is 1. The van der Waals surface area contributed by atoms with E-state index in [0.717, 1.165) is 42.6 Å². The molecule has 0 saturated carbocycles. The van der Waals surface area contributed by atoms with Crippen molar-refractivity contribution >= 4 is 16.8 Å². The minimum atomic E-state index is 0.113. The van der Waals surface area contributed by atoms with Crippen molar-refractivity contribution in [2.75, 3.05) is 26.2 Å². The van der Waals surface area contributed by atoms with Crippen LogP contribution in [0, 0.1) is 0 Å². The molecule has 3 aromatic carbocycles. The normalized spacial score (nSPS) is 15.0. The lowest BCUT2D eigenvalue weighted by Gasteiger charge is -2.39. The molecule has 30 heavy (non-hydrogen) atoms. The van der Waals surface area contributed by atoms with Gasteiger partial charge in [0, 0.05) is 43.5 Å². The number of nitrogens with one attached hydrogen (secondary N) is 1. The topological polar surface area (TPSA) is 39.3 Å². The number of benzene rings is 3. The number of hydrogen-bond donors (Lipinski definition) is 1. The van der Waals surface area contributed by atoms with Crippen molar-refractivity contribution < 1.29 is 4.79 Å². The van der Waals surface area contributed by atoms with Gasteiger partial charge in [-0.2, -0.15) is 0 Å². The molecule has 0 aliphatic carbocycles. The molecule has 1 N–H and O–H groups in total. The third kappa shape index (κ3) is 3.62. The van der Waals surface area contributed by atoms with Crippen LogP contribution in [-0.2, 0) is 0 Å². The van der Waals surface area contributed by atoms with Gasteiger partial charge in [-0.05, 0) is 34.7 Å². The molecule has 2 heterocycles. The minimum Gasteiger partial charge on any atom is -0.361 e. The number of fused-ring (bicyclic) bond motifs is 1. The summed E-state index contributed by atoms with van der Waals surface area (Å²) in [6.07, 6.45) is 1.91. The third-order valence-electron chi connectivity index (χ3n) is 6.00. The summed E-state index contributed by atoms with van der Waals surface area (Å²) in [5, 5.41) is 1.13. The molecule has 150 valence electrons. The highest BCUT2D eigenvalue weighted by molar-refractivity contribution is 5.98. The van der Waals surface area contributed by atoms with Crippen LogP contribution < -0.4 is 0 Å². The van der Waals surface area contributed by atoms with Crippen molar-refractivity contribution in [2.45, 2.75) is 6.04 Å². The van der Waals surface area contributed by atoms with Crippen molar-refractivity contribution in [1.82, 2.24) is 14.8 Å².